The number of sulfonamides is 1. The lowest BCUT2D eigenvalue weighted by molar-refractivity contribution is 0.0596. The van der Waals surface area contributed by atoms with E-state index in [9.17, 15) is 13.2 Å². The van der Waals surface area contributed by atoms with Crippen molar-refractivity contribution in [1.29, 1.82) is 0 Å². The average Bonchev–Trinajstić information content (AvgIpc) is 2.98. The summed E-state index contributed by atoms with van der Waals surface area (Å²) in [5.74, 6) is -0.582. The highest BCUT2D eigenvalue weighted by molar-refractivity contribution is 7.89. The highest BCUT2D eigenvalue weighted by atomic mass is 32.2. The summed E-state index contributed by atoms with van der Waals surface area (Å²) >= 11 is 0. The van der Waals surface area contributed by atoms with E-state index in [1.165, 1.54) is 13.3 Å². The molecule has 0 amide bonds. The van der Waals surface area contributed by atoms with Crippen molar-refractivity contribution in [2.75, 3.05) is 20.2 Å². The zero-order valence-corrected chi connectivity index (χ0v) is 15.3. The molecule has 0 radical (unpaired) electrons. The molecule has 2 aliphatic heterocycles. The Bertz CT molecular complexity index is 960. The Kier molecular flexibility index (Phi) is 4.42. The molecule has 2 aromatic rings. The molecular formula is C18H21N3O4S. The first-order valence-electron chi connectivity index (χ1n) is 8.73. The molecule has 2 unspecified atom stereocenters. The number of pyridine rings is 1. The summed E-state index contributed by atoms with van der Waals surface area (Å²) in [6.45, 7) is 0.978. The monoisotopic (exact) mass is 375 g/mol. The smallest absolute Gasteiger partial charge is 0.357 e. The SMILES string of the molecule is COC(=O)c1nccc2c(S(=O)(=O)N3CCC4CCC(C3)N4)cccc12. The van der Waals surface area contributed by atoms with Gasteiger partial charge in [0.25, 0.3) is 0 Å². The van der Waals surface area contributed by atoms with Crippen LogP contribution in [-0.4, -0.2) is 56.0 Å². The van der Waals surface area contributed by atoms with E-state index in [0.29, 0.717) is 29.9 Å². The number of methoxy groups -OCH3 is 1. The summed E-state index contributed by atoms with van der Waals surface area (Å²) < 4.78 is 33.0. The molecule has 7 nitrogen and oxygen atoms in total. The number of ether oxygens (including phenoxy) is 1. The third kappa shape index (κ3) is 2.87. The maximum atomic E-state index is 13.3. The highest BCUT2D eigenvalue weighted by Gasteiger charge is 2.35. The van der Waals surface area contributed by atoms with Gasteiger partial charge in [0, 0.05) is 42.1 Å². The van der Waals surface area contributed by atoms with Crippen molar-refractivity contribution in [1.82, 2.24) is 14.6 Å². The van der Waals surface area contributed by atoms with Crippen molar-refractivity contribution in [2.24, 2.45) is 0 Å². The molecule has 26 heavy (non-hydrogen) atoms. The molecule has 2 aliphatic rings. The number of carbonyl (C=O) groups excluding carboxylic acids is 1. The molecule has 1 aromatic heterocycles. The lowest BCUT2D eigenvalue weighted by atomic mass is 10.1. The number of esters is 1. The van der Waals surface area contributed by atoms with Crippen molar-refractivity contribution in [3.05, 3.63) is 36.2 Å². The molecule has 0 aliphatic carbocycles. The Morgan fingerprint density at radius 1 is 1.19 bits per heavy atom. The standard InChI is InChI=1S/C18H21N3O4S/c1-25-18(22)17-15-3-2-4-16(14(15)7-9-19-17)26(23,24)21-10-8-12-5-6-13(11-21)20-12/h2-4,7,9,12-13,20H,5-6,8,10-11H2,1H3. The fourth-order valence-corrected chi connectivity index (χ4v) is 5.64. The van der Waals surface area contributed by atoms with E-state index in [1.54, 1.807) is 28.6 Å². The number of rotatable bonds is 3. The van der Waals surface area contributed by atoms with Crippen LogP contribution >= 0.6 is 0 Å². The van der Waals surface area contributed by atoms with Crippen LogP contribution in [0.4, 0.5) is 0 Å². The molecule has 0 spiro atoms. The van der Waals surface area contributed by atoms with Gasteiger partial charge in [-0.2, -0.15) is 4.31 Å². The largest absolute Gasteiger partial charge is 0.464 e. The molecule has 0 saturated carbocycles. The molecule has 1 N–H and O–H groups in total. The van der Waals surface area contributed by atoms with Crippen molar-refractivity contribution < 1.29 is 17.9 Å². The Hall–Kier alpha value is -2.03. The molecule has 2 bridgehead atoms. The predicted octanol–water partition coefficient (Wildman–Crippen LogP) is 1.54. The van der Waals surface area contributed by atoms with Crippen LogP contribution < -0.4 is 5.32 Å². The lowest BCUT2D eigenvalue weighted by Gasteiger charge is -2.24. The van der Waals surface area contributed by atoms with Gasteiger partial charge in [0.1, 0.15) is 0 Å². The normalized spacial score (nSPS) is 23.7. The lowest BCUT2D eigenvalue weighted by Crippen LogP contribution is -2.39. The number of carbonyl (C=O) groups is 1. The van der Waals surface area contributed by atoms with Gasteiger partial charge >= 0.3 is 5.97 Å². The fourth-order valence-electron chi connectivity index (χ4n) is 3.93. The zero-order chi connectivity index (χ0) is 18.3. The second kappa shape index (κ2) is 6.61. The maximum Gasteiger partial charge on any atom is 0.357 e. The molecule has 138 valence electrons. The molecule has 3 heterocycles. The van der Waals surface area contributed by atoms with Crippen LogP contribution in [0.25, 0.3) is 10.8 Å². The number of fused-ring (bicyclic) bond motifs is 3. The van der Waals surface area contributed by atoms with E-state index in [2.05, 4.69) is 10.3 Å². The first-order valence-corrected chi connectivity index (χ1v) is 10.2. The summed E-state index contributed by atoms with van der Waals surface area (Å²) in [4.78, 5) is 16.2. The minimum absolute atomic E-state index is 0.124. The Morgan fingerprint density at radius 3 is 2.81 bits per heavy atom. The van der Waals surface area contributed by atoms with Gasteiger partial charge in [-0.05, 0) is 31.4 Å². The first-order chi connectivity index (χ1) is 12.5. The van der Waals surface area contributed by atoms with Crippen molar-refractivity contribution in [2.45, 2.75) is 36.2 Å². The molecular weight excluding hydrogens is 354 g/mol. The van der Waals surface area contributed by atoms with E-state index in [0.717, 1.165) is 19.3 Å². The summed E-state index contributed by atoms with van der Waals surface area (Å²) in [5, 5.41) is 4.47. The van der Waals surface area contributed by atoms with Crippen LogP contribution in [0, 0.1) is 0 Å². The van der Waals surface area contributed by atoms with Gasteiger partial charge in [0.05, 0.1) is 12.0 Å². The Morgan fingerprint density at radius 2 is 2.00 bits per heavy atom. The zero-order valence-electron chi connectivity index (χ0n) is 14.5. The number of benzene rings is 1. The molecule has 2 atom stereocenters. The van der Waals surface area contributed by atoms with Crippen LogP contribution in [0.2, 0.25) is 0 Å². The predicted molar refractivity (Wildman–Crippen MR) is 96.4 cm³/mol. The van der Waals surface area contributed by atoms with E-state index in [1.807, 2.05) is 0 Å². The van der Waals surface area contributed by atoms with Crippen molar-refractivity contribution >= 4 is 26.8 Å². The van der Waals surface area contributed by atoms with E-state index in [-0.39, 0.29) is 16.6 Å². The first kappa shape index (κ1) is 17.4. The summed E-state index contributed by atoms with van der Waals surface area (Å²) in [6, 6.07) is 7.18. The molecule has 2 saturated heterocycles. The Balaban J connectivity index is 1.79. The molecule has 1 aromatic carbocycles. The maximum absolute atomic E-state index is 13.3. The van der Waals surface area contributed by atoms with Crippen LogP contribution in [0.5, 0.6) is 0 Å². The van der Waals surface area contributed by atoms with Gasteiger partial charge in [-0.15, -0.1) is 0 Å². The van der Waals surface area contributed by atoms with Gasteiger partial charge in [0.15, 0.2) is 5.69 Å². The third-order valence-corrected chi connectivity index (χ3v) is 7.17. The van der Waals surface area contributed by atoms with Gasteiger partial charge in [-0.1, -0.05) is 12.1 Å². The van der Waals surface area contributed by atoms with Crippen LogP contribution in [-0.2, 0) is 14.8 Å². The number of aromatic nitrogens is 1. The van der Waals surface area contributed by atoms with E-state index < -0.39 is 16.0 Å². The van der Waals surface area contributed by atoms with Crippen LogP contribution in [0.1, 0.15) is 29.8 Å². The minimum Gasteiger partial charge on any atom is -0.464 e. The van der Waals surface area contributed by atoms with Crippen LogP contribution in [0.3, 0.4) is 0 Å². The molecule has 8 heteroatoms. The summed E-state index contributed by atoms with van der Waals surface area (Å²) in [5.41, 5.74) is 0.124. The number of nitrogens with one attached hydrogen (secondary N) is 1. The fraction of sp³-hybridized carbons (Fsp3) is 0.444. The summed E-state index contributed by atoms with van der Waals surface area (Å²) in [6.07, 6.45) is 4.37. The Labute approximate surface area is 152 Å². The molecule has 4 rings (SSSR count). The van der Waals surface area contributed by atoms with Gasteiger partial charge < -0.3 is 10.1 Å². The number of nitrogens with zero attached hydrogens (tertiary/aromatic N) is 2. The third-order valence-electron chi connectivity index (χ3n) is 5.25. The average molecular weight is 375 g/mol. The van der Waals surface area contributed by atoms with E-state index >= 15 is 0 Å². The topological polar surface area (TPSA) is 88.6 Å². The minimum atomic E-state index is -3.67. The van der Waals surface area contributed by atoms with E-state index in [4.69, 9.17) is 4.74 Å². The second-order valence-corrected chi connectivity index (χ2v) is 8.70. The van der Waals surface area contributed by atoms with Gasteiger partial charge in [0.2, 0.25) is 10.0 Å². The number of hydrogen-bond donors (Lipinski definition) is 1. The summed E-state index contributed by atoms with van der Waals surface area (Å²) in [7, 11) is -2.39. The second-order valence-electron chi connectivity index (χ2n) is 6.79. The highest BCUT2D eigenvalue weighted by Crippen LogP contribution is 2.30. The van der Waals surface area contributed by atoms with Gasteiger partial charge in [-0.3, -0.25) is 0 Å². The van der Waals surface area contributed by atoms with Crippen LogP contribution in [0.15, 0.2) is 35.4 Å². The van der Waals surface area contributed by atoms with Crippen molar-refractivity contribution in [3.63, 3.8) is 0 Å². The van der Waals surface area contributed by atoms with Crippen molar-refractivity contribution in [3.8, 4) is 0 Å². The quantitative estimate of drug-likeness (QED) is 0.819. The number of hydrogen-bond acceptors (Lipinski definition) is 6. The van der Waals surface area contributed by atoms with Gasteiger partial charge in [-0.25, -0.2) is 18.2 Å². The molecule has 2 fully saturated rings.